The quantitative estimate of drug-likeness (QED) is 0.0497. The fraction of sp³-hybridized carbons (Fsp3) is 0.387. The van der Waals surface area contributed by atoms with Crippen LogP contribution in [0.2, 0.25) is 0 Å². The first-order chi connectivity index (χ1) is 66.2. The summed E-state index contributed by atoms with van der Waals surface area (Å²) in [5, 5.41) is 0. The summed E-state index contributed by atoms with van der Waals surface area (Å²) >= 11 is 0. The molecule has 0 radical (unpaired) electrons. The number of benzene rings is 12. The Morgan fingerprint density at radius 1 is 0.285 bits per heavy atom. The normalized spacial score (nSPS) is 20.5. The van der Waals surface area contributed by atoms with Crippen molar-refractivity contribution >= 4 is 0 Å². The van der Waals surface area contributed by atoms with E-state index in [4.69, 9.17) is 0 Å². The van der Waals surface area contributed by atoms with Gasteiger partial charge in [-0.05, 0) is 379 Å². The van der Waals surface area contributed by atoms with Crippen molar-refractivity contribution < 1.29 is 0 Å². The lowest BCUT2D eigenvalue weighted by atomic mass is 9.66. The molecular formula is C137H154. The highest BCUT2D eigenvalue weighted by molar-refractivity contribution is 5.91. The van der Waals surface area contributed by atoms with Gasteiger partial charge in [0.25, 0.3) is 0 Å². The summed E-state index contributed by atoms with van der Waals surface area (Å²) in [6.07, 6.45) is 59.7. The van der Waals surface area contributed by atoms with Crippen LogP contribution in [0.4, 0.5) is 0 Å². The van der Waals surface area contributed by atoms with Gasteiger partial charge in [0.05, 0.1) is 0 Å². The zero-order chi connectivity index (χ0) is 95.7. The molecule has 0 nitrogen and oxygen atoms in total. The Balaban J connectivity index is 0.000000106. The molecule has 0 aliphatic heterocycles. The van der Waals surface area contributed by atoms with Crippen LogP contribution < -0.4 is 0 Å². The van der Waals surface area contributed by atoms with Crippen LogP contribution in [-0.4, -0.2) is 0 Å². The van der Waals surface area contributed by atoms with Gasteiger partial charge in [-0.2, -0.15) is 0 Å². The van der Waals surface area contributed by atoms with E-state index in [0.717, 1.165) is 62.7 Å². The smallest absolute Gasteiger partial charge is 0.0400 e. The topological polar surface area (TPSA) is 0 Å². The van der Waals surface area contributed by atoms with Gasteiger partial charge in [-0.3, -0.25) is 0 Å². The molecule has 8 atom stereocenters. The number of fused-ring (bicyclic) bond motifs is 18. The van der Waals surface area contributed by atoms with Crippen molar-refractivity contribution in [3.8, 4) is 66.8 Å². The zero-order valence-corrected chi connectivity index (χ0v) is 87.0. The Hall–Kier alpha value is -10.9. The highest BCUT2D eigenvalue weighted by Gasteiger charge is 2.50. The second-order valence-corrected chi connectivity index (χ2v) is 44.8. The van der Waals surface area contributed by atoms with E-state index >= 15 is 0 Å². The molecule has 0 amide bonds. The number of aryl methyl sites for hydroxylation is 12. The predicted molar refractivity (Wildman–Crippen MR) is 590 cm³/mol. The lowest BCUT2D eigenvalue weighted by Gasteiger charge is -2.37. The Kier molecular flexibility index (Phi) is 26.8. The first-order valence-electron chi connectivity index (χ1n) is 53.7. The fourth-order valence-electron chi connectivity index (χ4n) is 27.7. The van der Waals surface area contributed by atoms with E-state index in [1.807, 2.05) is 0 Å². The van der Waals surface area contributed by atoms with E-state index < -0.39 is 0 Å². The summed E-state index contributed by atoms with van der Waals surface area (Å²) < 4.78 is 0. The molecular weight excluding hydrogens is 1650 g/mol. The monoisotopic (exact) mass is 1800 g/mol. The standard InChI is InChI=1S/C28H36.2C26H32.C20H20.C19H18.C18H16/c1-19(2)8-6-9-20(3)15-17-28-16-7-10-23-22(5)12-14-25(27(23)28)24-13-11-21(4)18-26(24)28;1-5-7-9-20(6-2)17-26-15-8-10-21-19(4)12-14-23(25(21)26)22-13-11-18(3)16-24(22)26;1-4-5-6-7-8-9-16-26-17-10-11-21-20(3)13-15-23(25(21)26)22-14-12-19(2)18-24(22)26;1-4-20-11-5-6-15-14(3)8-10-17(19(15)20)16-9-7-13(2)12-18(16)20;1-12-6-8-15-16-9-7-13(2)14-5-4-10-19(3,18(14)16)17(15)11-12;1-11-6-8-14-16-9-7-12(2)13-4-3-5-15(18(13)16)17(14)10-11/h7,11-14,16,18-20H,6,8-10,15,17H2,1-5H3;8,11-16,20H,5-7,9-10,17H2,1-4H3;10,12-15,17-18H,4-9,11,16H2,1-3H3;5,7-12H,4,6H2,1-3H3;4,6-11H,5H2,1-3H3;3,5-10,15H,4H2,1-2H3. The Bertz CT molecular complexity index is 6890. The first kappa shape index (κ1) is 95.0. The van der Waals surface area contributed by atoms with Gasteiger partial charge in [0.15, 0.2) is 0 Å². The zero-order valence-electron chi connectivity index (χ0n) is 87.0. The minimum atomic E-state index is 0.0797. The molecule has 24 rings (SSSR count). The number of unbranched alkanes of at least 4 members (excludes halogenated alkanes) is 6. The van der Waals surface area contributed by atoms with E-state index in [2.05, 4.69) is 393 Å². The van der Waals surface area contributed by atoms with Crippen LogP contribution in [0.3, 0.4) is 0 Å². The van der Waals surface area contributed by atoms with Crippen LogP contribution in [0.5, 0.6) is 0 Å². The largest absolute Gasteiger partial charge is 0.0832 e. The molecule has 12 aliphatic rings. The average Bonchev–Trinajstić information content (AvgIpc) is 1.56. The van der Waals surface area contributed by atoms with Gasteiger partial charge < -0.3 is 0 Å². The molecule has 0 saturated carbocycles. The third-order valence-electron chi connectivity index (χ3n) is 35.0. The number of hydrogen-bond acceptors (Lipinski definition) is 0. The predicted octanol–water partition coefficient (Wildman–Crippen LogP) is 37.0. The highest BCUT2D eigenvalue weighted by atomic mass is 14.5. The molecule has 0 spiro atoms. The summed E-state index contributed by atoms with van der Waals surface area (Å²) in [7, 11) is 0. The molecule has 702 valence electrons. The van der Waals surface area contributed by atoms with Crippen LogP contribution in [0.1, 0.15) is 344 Å². The summed E-state index contributed by atoms with van der Waals surface area (Å²) in [6, 6.07) is 70.0. The lowest BCUT2D eigenvalue weighted by molar-refractivity contribution is 0.365. The Morgan fingerprint density at radius 2 is 0.635 bits per heavy atom. The van der Waals surface area contributed by atoms with Crippen LogP contribution in [0.25, 0.3) is 66.8 Å². The molecule has 0 N–H and O–H groups in total. The maximum absolute atomic E-state index is 2.57. The van der Waals surface area contributed by atoms with Gasteiger partial charge in [-0.1, -0.05) is 420 Å². The van der Waals surface area contributed by atoms with Gasteiger partial charge in [-0.15, -0.1) is 0 Å². The SMILES string of the molecule is CCC12C=CCc3c(C)ccc(c31)-c1ccc(C)cc12.CCCCC(CC)CC12C=CCc3c(C)ccc(c31)-c1ccc(C)cc12.CCCCCCCCC12C=CCc3c(C)ccc(c31)-c1ccc(C)cc12.Cc1ccc2c(c1)C1(C)C=CCc3c(C)ccc-2c31.Cc1ccc2c(c1)C1(CCC(C)CCCC(C)C)C=CCc3c(C)ccc-2c31.Cc1ccc2c(c1)C1C=CCc3c(C)ccc-2c31. The van der Waals surface area contributed by atoms with E-state index in [1.54, 1.807) is 77.9 Å². The minimum absolute atomic E-state index is 0.0797. The third-order valence-corrected chi connectivity index (χ3v) is 35.0. The van der Waals surface area contributed by atoms with Crippen molar-refractivity contribution in [1.82, 2.24) is 0 Å². The summed E-state index contributed by atoms with van der Waals surface area (Å²) in [5.74, 6) is 2.92. The summed E-state index contributed by atoms with van der Waals surface area (Å²) in [5.41, 5.74) is 63.2. The van der Waals surface area contributed by atoms with Crippen molar-refractivity contribution in [3.05, 3.63) is 422 Å². The molecule has 12 aromatic rings. The second-order valence-electron chi connectivity index (χ2n) is 44.8. The molecule has 0 fully saturated rings. The third kappa shape index (κ3) is 16.7. The van der Waals surface area contributed by atoms with E-state index in [-0.39, 0.29) is 27.1 Å². The van der Waals surface area contributed by atoms with Gasteiger partial charge >= 0.3 is 0 Å². The van der Waals surface area contributed by atoms with Gasteiger partial charge in [0.2, 0.25) is 0 Å². The minimum Gasteiger partial charge on any atom is -0.0832 e. The molecule has 12 aromatic carbocycles. The highest BCUT2D eigenvalue weighted by Crippen LogP contribution is 2.63. The number of hydrogen-bond donors (Lipinski definition) is 0. The van der Waals surface area contributed by atoms with Gasteiger partial charge in [0.1, 0.15) is 0 Å². The molecule has 0 heterocycles. The average molecular weight is 1800 g/mol. The van der Waals surface area contributed by atoms with Gasteiger partial charge in [-0.25, -0.2) is 0 Å². The van der Waals surface area contributed by atoms with E-state index in [1.165, 1.54) is 265 Å². The number of allylic oxidation sites excluding steroid dienone is 12. The fourth-order valence-corrected chi connectivity index (χ4v) is 27.7. The van der Waals surface area contributed by atoms with Crippen LogP contribution in [-0.2, 0) is 65.6 Å². The van der Waals surface area contributed by atoms with Crippen LogP contribution in [0.15, 0.2) is 255 Å². The maximum atomic E-state index is 2.57. The van der Waals surface area contributed by atoms with E-state index in [9.17, 15) is 0 Å². The molecule has 0 heteroatoms. The molecule has 137 heavy (non-hydrogen) atoms. The molecule has 0 saturated heterocycles. The lowest BCUT2D eigenvalue weighted by Crippen LogP contribution is -2.30. The second kappa shape index (κ2) is 38.7. The Morgan fingerprint density at radius 3 is 1.10 bits per heavy atom. The maximum Gasteiger partial charge on any atom is 0.0400 e. The molecule has 0 aromatic heterocycles. The summed E-state index contributed by atoms with van der Waals surface area (Å²) in [6.45, 7) is 45.7. The Labute approximate surface area is 826 Å². The summed E-state index contributed by atoms with van der Waals surface area (Å²) in [4.78, 5) is 0. The van der Waals surface area contributed by atoms with Crippen molar-refractivity contribution in [1.29, 1.82) is 0 Å². The van der Waals surface area contributed by atoms with E-state index in [0.29, 0.717) is 5.92 Å². The molecule has 8 unspecified atom stereocenters. The van der Waals surface area contributed by atoms with Crippen molar-refractivity contribution in [2.45, 2.75) is 326 Å². The van der Waals surface area contributed by atoms with Crippen molar-refractivity contribution in [2.75, 3.05) is 0 Å². The number of rotatable bonds is 21. The van der Waals surface area contributed by atoms with Crippen molar-refractivity contribution in [3.63, 3.8) is 0 Å². The van der Waals surface area contributed by atoms with Crippen molar-refractivity contribution in [2.24, 2.45) is 17.8 Å². The van der Waals surface area contributed by atoms with Gasteiger partial charge in [0, 0.05) is 33.0 Å². The van der Waals surface area contributed by atoms with Crippen LogP contribution in [0, 0.1) is 101 Å². The molecule has 0 bridgehead atoms. The van der Waals surface area contributed by atoms with Crippen LogP contribution >= 0.6 is 0 Å². The first-order valence-corrected chi connectivity index (χ1v) is 53.7. The molecule has 12 aliphatic carbocycles.